The van der Waals surface area contributed by atoms with Crippen molar-refractivity contribution in [1.29, 1.82) is 0 Å². The fraction of sp³-hybridized carbons (Fsp3) is 0.300. The van der Waals surface area contributed by atoms with Crippen LogP contribution >= 0.6 is 11.8 Å². The lowest BCUT2D eigenvalue weighted by Crippen LogP contribution is -2.29. The number of piperidine rings is 1. The van der Waals surface area contributed by atoms with Gasteiger partial charge in [0.05, 0.1) is 23.6 Å². The van der Waals surface area contributed by atoms with Crippen LogP contribution in [0, 0.1) is 0 Å². The van der Waals surface area contributed by atoms with Gasteiger partial charge in [0.15, 0.2) is 5.50 Å². The summed E-state index contributed by atoms with van der Waals surface area (Å²) in [5.41, 5.74) is 2.03. The lowest BCUT2D eigenvalue weighted by atomic mass is 10.1. The number of thioether (sulfide) groups is 1. The molecule has 1 aromatic carbocycles. The summed E-state index contributed by atoms with van der Waals surface area (Å²) >= 11 is 1.64. The molecule has 4 heterocycles. The number of fused-ring (bicyclic) bond motifs is 1. The van der Waals surface area contributed by atoms with E-state index in [2.05, 4.69) is 36.9 Å². The summed E-state index contributed by atoms with van der Waals surface area (Å²) in [6.07, 6.45) is 6.23. The van der Waals surface area contributed by atoms with Crippen LogP contribution in [-0.2, 0) is 0 Å². The van der Waals surface area contributed by atoms with Crippen LogP contribution in [0.15, 0.2) is 59.9 Å². The van der Waals surface area contributed by atoms with Gasteiger partial charge in [-0.05, 0) is 44.1 Å². The molecule has 5 rings (SSSR count). The van der Waals surface area contributed by atoms with Gasteiger partial charge in [0.25, 0.3) is 0 Å². The molecular weight excluding hydrogens is 372 g/mol. The highest BCUT2D eigenvalue weighted by molar-refractivity contribution is 8.00. The third-order valence-corrected chi connectivity index (χ3v) is 5.90. The van der Waals surface area contributed by atoms with E-state index >= 15 is 0 Å². The van der Waals surface area contributed by atoms with Crippen molar-refractivity contribution in [3.8, 4) is 11.6 Å². The highest BCUT2D eigenvalue weighted by Crippen LogP contribution is 2.39. The number of hydrogen-bond donors (Lipinski definition) is 3. The lowest BCUT2D eigenvalue weighted by molar-refractivity contribution is 0.343. The Morgan fingerprint density at radius 3 is 2.82 bits per heavy atom. The number of anilines is 2. The minimum Gasteiger partial charge on any atom is -0.439 e. The molecule has 7 nitrogen and oxygen atoms in total. The molecule has 1 saturated heterocycles. The Bertz CT molecular complexity index is 941. The molecule has 0 aliphatic carbocycles. The van der Waals surface area contributed by atoms with E-state index in [-0.39, 0.29) is 5.50 Å². The molecular formula is C20H22N6OS. The van der Waals surface area contributed by atoms with Gasteiger partial charge in [-0.3, -0.25) is 4.68 Å². The van der Waals surface area contributed by atoms with E-state index in [1.165, 1.54) is 0 Å². The molecule has 0 amide bonds. The normalized spacial score (nSPS) is 19.1. The number of aromatic nitrogens is 3. The number of hydrogen-bond acceptors (Lipinski definition) is 7. The molecule has 2 aromatic heterocycles. The molecule has 8 heteroatoms. The maximum Gasteiger partial charge on any atom is 0.220 e. The van der Waals surface area contributed by atoms with Crippen LogP contribution < -0.4 is 20.7 Å². The smallest absolute Gasteiger partial charge is 0.220 e. The molecule has 28 heavy (non-hydrogen) atoms. The monoisotopic (exact) mass is 394 g/mol. The van der Waals surface area contributed by atoms with Gasteiger partial charge in [-0.25, -0.2) is 4.98 Å². The lowest BCUT2D eigenvalue weighted by Gasteiger charge is -2.22. The van der Waals surface area contributed by atoms with Crippen LogP contribution in [0.2, 0.25) is 0 Å². The highest BCUT2D eigenvalue weighted by Gasteiger charge is 2.24. The third kappa shape index (κ3) is 3.79. The predicted octanol–water partition coefficient (Wildman–Crippen LogP) is 3.91. The maximum atomic E-state index is 5.84. The number of ether oxygens (including phenoxy) is 1. The summed E-state index contributed by atoms with van der Waals surface area (Å²) in [5.74, 6) is 1.38. The Kier molecular flexibility index (Phi) is 4.80. The fourth-order valence-electron chi connectivity index (χ4n) is 3.47. The van der Waals surface area contributed by atoms with Crippen LogP contribution in [0.1, 0.15) is 18.9 Å². The van der Waals surface area contributed by atoms with Gasteiger partial charge < -0.3 is 20.7 Å². The van der Waals surface area contributed by atoms with E-state index in [4.69, 9.17) is 4.74 Å². The SMILES string of the molecule is c1ccc(Oc2ccc3c(n2)SC(Nc2cnn(C4CCNCC4)c2)N3)cc1. The summed E-state index contributed by atoms with van der Waals surface area (Å²) in [5, 5.41) is 15.8. The maximum absolute atomic E-state index is 5.84. The highest BCUT2D eigenvalue weighted by atomic mass is 32.2. The van der Waals surface area contributed by atoms with E-state index in [0.29, 0.717) is 11.9 Å². The standard InChI is InChI=1S/C20H22N6OS/c1-2-4-16(5-3-1)27-18-7-6-17-19(25-18)28-20(24-17)23-14-12-22-26(13-14)15-8-10-21-11-9-15/h1-7,12-13,15,20-21,23-24H,8-11H2. The molecule has 0 saturated carbocycles. The summed E-state index contributed by atoms with van der Waals surface area (Å²) < 4.78 is 7.92. The summed E-state index contributed by atoms with van der Waals surface area (Å²) in [6, 6.07) is 14.1. The topological polar surface area (TPSA) is 76.0 Å². The largest absolute Gasteiger partial charge is 0.439 e. The zero-order valence-electron chi connectivity index (χ0n) is 15.3. The van der Waals surface area contributed by atoms with E-state index < -0.39 is 0 Å². The molecule has 2 aliphatic heterocycles. The van der Waals surface area contributed by atoms with Crippen LogP contribution in [-0.4, -0.2) is 33.4 Å². The third-order valence-electron chi connectivity index (χ3n) is 4.90. The molecule has 1 unspecified atom stereocenters. The average Bonchev–Trinajstić information content (AvgIpc) is 3.36. The van der Waals surface area contributed by atoms with Crippen molar-refractivity contribution in [3.63, 3.8) is 0 Å². The second-order valence-electron chi connectivity index (χ2n) is 6.89. The molecule has 1 fully saturated rings. The number of para-hydroxylation sites is 1. The van der Waals surface area contributed by atoms with E-state index in [1.807, 2.05) is 48.7 Å². The van der Waals surface area contributed by atoms with E-state index in [0.717, 1.165) is 48.1 Å². The van der Waals surface area contributed by atoms with Crippen molar-refractivity contribution in [1.82, 2.24) is 20.1 Å². The second-order valence-corrected chi connectivity index (χ2v) is 7.99. The Morgan fingerprint density at radius 1 is 1.11 bits per heavy atom. The van der Waals surface area contributed by atoms with Crippen LogP contribution in [0.5, 0.6) is 11.6 Å². The Hall–Kier alpha value is -2.71. The minimum atomic E-state index is 0.0140. The fourth-order valence-corrected chi connectivity index (χ4v) is 4.47. The molecule has 144 valence electrons. The molecule has 0 radical (unpaired) electrons. The Labute approximate surface area is 167 Å². The zero-order chi connectivity index (χ0) is 18.8. The zero-order valence-corrected chi connectivity index (χ0v) is 16.2. The first kappa shape index (κ1) is 17.4. The van der Waals surface area contributed by atoms with Crippen LogP contribution in [0.4, 0.5) is 11.4 Å². The molecule has 3 N–H and O–H groups in total. The number of pyridine rings is 1. The van der Waals surface area contributed by atoms with Gasteiger partial charge >= 0.3 is 0 Å². The Morgan fingerprint density at radius 2 is 1.96 bits per heavy atom. The molecule has 1 atom stereocenters. The van der Waals surface area contributed by atoms with Crippen molar-refractivity contribution in [2.45, 2.75) is 29.4 Å². The first-order chi connectivity index (χ1) is 13.8. The summed E-state index contributed by atoms with van der Waals surface area (Å²) in [4.78, 5) is 4.63. The van der Waals surface area contributed by atoms with Crippen LogP contribution in [0.3, 0.4) is 0 Å². The van der Waals surface area contributed by atoms with Crippen molar-refractivity contribution in [3.05, 3.63) is 54.9 Å². The van der Waals surface area contributed by atoms with Gasteiger partial charge in [0.1, 0.15) is 10.8 Å². The quantitative estimate of drug-likeness (QED) is 0.606. The van der Waals surface area contributed by atoms with Gasteiger partial charge in [0, 0.05) is 12.3 Å². The van der Waals surface area contributed by atoms with Crippen LogP contribution in [0.25, 0.3) is 0 Å². The molecule has 3 aromatic rings. The van der Waals surface area contributed by atoms with E-state index in [9.17, 15) is 0 Å². The first-order valence-electron chi connectivity index (χ1n) is 9.52. The first-order valence-corrected chi connectivity index (χ1v) is 10.4. The Balaban J connectivity index is 1.22. The van der Waals surface area contributed by atoms with Crippen molar-refractivity contribution in [2.75, 3.05) is 23.7 Å². The van der Waals surface area contributed by atoms with Gasteiger partial charge in [-0.15, -0.1) is 0 Å². The van der Waals surface area contributed by atoms with Gasteiger partial charge in [-0.2, -0.15) is 5.10 Å². The van der Waals surface area contributed by atoms with E-state index in [1.54, 1.807) is 11.8 Å². The minimum absolute atomic E-state index is 0.0140. The summed E-state index contributed by atoms with van der Waals surface area (Å²) in [7, 11) is 0. The number of nitrogens with zero attached hydrogens (tertiary/aromatic N) is 3. The number of benzene rings is 1. The summed E-state index contributed by atoms with van der Waals surface area (Å²) in [6.45, 7) is 2.11. The molecule has 0 bridgehead atoms. The van der Waals surface area contributed by atoms with Crippen molar-refractivity contribution >= 4 is 23.1 Å². The molecule has 0 spiro atoms. The number of rotatable bonds is 5. The molecule has 2 aliphatic rings. The van der Waals surface area contributed by atoms with Crippen molar-refractivity contribution in [2.24, 2.45) is 0 Å². The number of nitrogens with one attached hydrogen (secondary N) is 3. The van der Waals surface area contributed by atoms with Gasteiger partial charge in [-0.1, -0.05) is 30.0 Å². The van der Waals surface area contributed by atoms with Crippen molar-refractivity contribution < 1.29 is 4.74 Å². The van der Waals surface area contributed by atoms with Gasteiger partial charge in [0.2, 0.25) is 5.88 Å². The average molecular weight is 395 g/mol. The second kappa shape index (κ2) is 7.73. The predicted molar refractivity (Wildman–Crippen MR) is 111 cm³/mol.